The van der Waals surface area contributed by atoms with Gasteiger partial charge in [-0.3, -0.25) is 0 Å². The van der Waals surface area contributed by atoms with Gasteiger partial charge in [-0.05, 0) is 25.5 Å². The summed E-state index contributed by atoms with van der Waals surface area (Å²) in [5.74, 6) is -0.314. The third-order valence-corrected chi connectivity index (χ3v) is 6.06. The molecule has 17 heavy (non-hydrogen) atoms. The maximum absolute atomic E-state index is 12.5. The summed E-state index contributed by atoms with van der Waals surface area (Å²) >= 11 is 5.87. The summed E-state index contributed by atoms with van der Waals surface area (Å²) in [4.78, 5) is -0.199. The summed E-state index contributed by atoms with van der Waals surface area (Å²) in [5, 5.41) is 9.74. The summed E-state index contributed by atoms with van der Waals surface area (Å²) in [6, 6.07) is 4.27. The van der Waals surface area contributed by atoms with Crippen molar-refractivity contribution in [3.05, 3.63) is 23.2 Å². The zero-order valence-corrected chi connectivity index (χ0v) is 10.9. The molecular weight excluding hydrogens is 264 g/mol. The first-order chi connectivity index (χ1) is 7.88. The van der Waals surface area contributed by atoms with Crippen LogP contribution >= 0.6 is 11.6 Å². The smallest absolute Gasteiger partial charge is 0.191 e. The molecule has 1 aromatic rings. The predicted molar refractivity (Wildman–Crippen MR) is 64.1 cm³/mol. The Hall–Kier alpha value is -0.780. The third kappa shape index (κ3) is 1.92. The van der Waals surface area contributed by atoms with Gasteiger partial charge in [0.2, 0.25) is 0 Å². The monoisotopic (exact) mass is 276 g/mol. The van der Waals surface area contributed by atoms with E-state index >= 15 is 0 Å². The Morgan fingerprint density at radius 2 is 2.18 bits per heavy atom. The average Bonchev–Trinajstić information content (AvgIpc) is 2.66. The SMILES string of the molecule is C[C@]1(S(=O)(=O)c2c(O)cccc2Cl)CCOC1. The molecule has 0 aliphatic carbocycles. The Kier molecular flexibility index (Phi) is 3.10. The molecule has 0 bridgehead atoms. The van der Waals surface area contributed by atoms with Gasteiger partial charge < -0.3 is 9.84 Å². The number of sulfone groups is 1. The number of phenols is 1. The fourth-order valence-electron chi connectivity index (χ4n) is 1.87. The number of rotatable bonds is 2. The molecule has 1 aliphatic heterocycles. The Labute approximate surface area is 105 Å². The van der Waals surface area contributed by atoms with Crippen LogP contribution in [0.2, 0.25) is 5.02 Å². The number of aromatic hydroxyl groups is 1. The maximum Gasteiger partial charge on any atom is 0.191 e. The molecule has 1 saturated heterocycles. The van der Waals surface area contributed by atoms with Crippen molar-refractivity contribution in [3.63, 3.8) is 0 Å². The molecule has 1 atom stereocenters. The minimum absolute atomic E-state index is 0.0399. The molecule has 1 heterocycles. The van der Waals surface area contributed by atoms with Gasteiger partial charge in [0.1, 0.15) is 10.6 Å². The van der Waals surface area contributed by atoms with Crippen molar-refractivity contribution < 1.29 is 18.3 Å². The van der Waals surface area contributed by atoms with Gasteiger partial charge in [0.25, 0.3) is 0 Å². The van der Waals surface area contributed by atoms with Crippen LogP contribution in [0.4, 0.5) is 0 Å². The van der Waals surface area contributed by atoms with E-state index in [-0.39, 0.29) is 22.3 Å². The van der Waals surface area contributed by atoms with Crippen LogP contribution in [0, 0.1) is 0 Å². The van der Waals surface area contributed by atoms with E-state index in [9.17, 15) is 13.5 Å². The highest BCUT2D eigenvalue weighted by atomic mass is 35.5. The molecule has 0 unspecified atom stereocenters. The Balaban J connectivity index is 2.60. The van der Waals surface area contributed by atoms with Gasteiger partial charge in [-0.1, -0.05) is 17.7 Å². The molecule has 0 aromatic heterocycles. The van der Waals surface area contributed by atoms with Gasteiger partial charge in [0.15, 0.2) is 9.84 Å². The van der Waals surface area contributed by atoms with Crippen LogP contribution < -0.4 is 0 Å². The summed E-state index contributed by atoms with van der Waals surface area (Å²) < 4.78 is 29.1. The second-order valence-corrected chi connectivity index (χ2v) is 7.15. The molecule has 1 aromatic carbocycles. The second kappa shape index (κ2) is 4.15. The van der Waals surface area contributed by atoms with Gasteiger partial charge >= 0.3 is 0 Å². The molecule has 4 nitrogen and oxygen atoms in total. The zero-order chi connectivity index (χ0) is 12.7. The highest BCUT2D eigenvalue weighted by Crippen LogP contribution is 2.40. The van der Waals surface area contributed by atoms with Crippen LogP contribution in [0.1, 0.15) is 13.3 Å². The van der Waals surface area contributed by atoms with Crippen molar-refractivity contribution in [2.45, 2.75) is 23.0 Å². The summed E-state index contributed by atoms with van der Waals surface area (Å²) in [6.07, 6.45) is 0.403. The number of hydrogen-bond acceptors (Lipinski definition) is 4. The van der Waals surface area contributed by atoms with Crippen molar-refractivity contribution in [2.24, 2.45) is 0 Å². The van der Waals surface area contributed by atoms with E-state index < -0.39 is 14.6 Å². The maximum atomic E-state index is 12.5. The van der Waals surface area contributed by atoms with E-state index in [1.54, 1.807) is 6.92 Å². The number of benzene rings is 1. The van der Waals surface area contributed by atoms with Crippen LogP contribution in [0.25, 0.3) is 0 Å². The zero-order valence-electron chi connectivity index (χ0n) is 9.31. The molecule has 1 fully saturated rings. The van der Waals surface area contributed by atoms with Crippen molar-refractivity contribution >= 4 is 21.4 Å². The fourth-order valence-corrected chi connectivity index (χ4v) is 4.10. The fraction of sp³-hybridized carbons (Fsp3) is 0.455. The van der Waals surface area contributed by atoms with Crippen molar-refractivity contribution in [1.29, 1.82) is 0 Å². The molecule has 0 radical (unpaired) electrons. The predicted octanol–water partition coefficient (Wildman–Crippen LogP) is 2.00. The topological polar surface area (TPSA) is 63.6 Å². The quantitative estimate of drug-likeness (QED) is 0.897. The van der Waals surface area contributed by atoms with Crippen LogP contribution in [-0.2, 0) is 14.6 Å². The first-order valence-corrected chi connectivity index (χ1v) is 7.04. The van der Waals surface area contributed by atoms with E-state index in [1.165, 1.54) is 18.2 Å². The largest absolute Gasteiger partial charge is 0.507 e. The van der Waals surface area contributed by atoms with Crippen molar-refractivity contribution in [2.75, 3.05) is 13.2 Å². The summed E-state index contributed by atoms with van der Waals surface area (Å²) in [5.41, 5.74) is 0. The molecule has 2 rings (SSSR count). The molecule has 1 aliphatic rings. The molecule has 1 N–H and O–H groups in total. The molecule has 0 amide bonds. The molecule has 94 valence electrons. The van der Waals surface area contributed by atoms with E-state index in [0.29, 0.717) is 13.0 Å². The molecule has 6 heteroatoms. The third-order valence-electron chi connectivity index (χ3n) is 3.05. The minimum Gasteiger partial charge on any atom is -0.507 e. The Morgan fingerprint density at radius 1 is 1.47 bits per heavy atom. The summed E-state index contributed by atoms with van der Waals surface area (Å²) in [6.45, 7) is 2.14. The highest BCUT2D eigenvalue weighted by molar-refractivity contribution is 7.93. The van der Waals surface area contributed by atoms with E-state index in [2.05, 4.69) is 0 Å². The standard InChI is InChI=1S/C11H13ClO4S/c1-11(5-6-16-7-11)17(14,15)10-8(12)3-2-4-9(10)13/h2-4,13H,5-7H2,1H3/t11-/m0/s1. The number of phenolic OH excluding ortho intramolecular Hbond substituents is 1. The van der Waals surface area contributed by atoms with Gasteiger partial charge in [-0.25, -0.2) is 8.42 Å². The van der Waals surface area contributed by atoms with Crippen molar-refractivity contribution in [3.8, 4) is 5.75 Å². The second-order valence-electron chi connectivity index (χ2n) is 4.34. The lowest BCUT2D eigenvalue weighted by Gasteiger charge is -2.23. The van der Waals surface area contributed by atoms with Crippen LogP contribution in [-0.4, -0.2) is 31.5 Å². The lowest BCUT2D eigenvalue weighted by Crippen LogP contribution is -2.36. The minimum atomic E-state index is -3.71. The van der Waals surface area contributed by atoms with Gasteiger partial charge in [0, 0.05) is 6.61 Å². The lowest BCUT2D eigenvalue weighted by atomic mass is 10.1. The first kappa shape index (κ1) is 12.7. The molecule has 0 saturated carbocycles. The van der Waals surface area contributed by atoms with E-state index in [4.69, 9.17) is 16.3 Å². The first-order valence-electron chi connectivity index (χ1n) is 5.18. The summed E-state index contributed by atoms with van der Waals surface area (Å²) in [7, 11) is -3.71. The lowest BCUT2D eigenvalue weighted by molar-refractivity contribution is 0.191. The van der Waals surface area contributed by atoms with Crippen LogP contribution in [0.3, 0.4) is 0 Å². The van der Waals surface area contributed by atoms with Gasteiger partial charge in [-0.15, -0.1) is 0 Å². The molecule has 0 spiro atoms. The Bertz CT molecular complexity index is 512. The van der Waals surface area contributed by atoms with E-state index in [1.807, 2.05) is 0 Å². The Morgan fingerprint density at radius 3 is 2.71 bits per heavy atom. The van der Waals surface area contributed by atoms with Crippen LogP contribution in [0.15, 0.2) is 23.1 Å². The number of halogens is 1. The van der Waals surface area contributed by atoms with Crippen molar-refractivity contribution in [1.82, 2.24) is 0 Å². The normalized spacial score (nSPS) is 25.1. The van der Waals surface area contributed by atoms with E-state index in [0.717, 1.165) is 0 Å². The van der Waals surface area contributed by atoms with Gasteiger partial charge in [0.05, 0.1) is 16.4 Å². The number of hydrogen-bond donors (Lipinski definition) is 1. The average molecular weight is 277 g/mol. The van der Waals surface area contributed by atoms with Crippen LogP contribution in [0.5, 0.6) is 5.75 Å². The molecular formula is C11H13ClO4S. The highest BCUT2D eigenvalue weighted by Gasteiger charge is 2.45. The van der Waals surface area contributed by atoms with Gasteiger partial charge in [-0.2, -0.15) is 0 Å². The number of ether oxygens (including phenoxy) is 1.